The van der Waals surface area contributed by atoms with Gasteiger partial charge in [0.25, 0.3) is 0 Å². The molecule has 0 spiro atoms. The Hall–Kier alpha value is -3.67. The highest BCUT2D eigenvalue weighted by Gasteiger charge is 2.30. The van der Waals surface area contributed by atoms with Crippen molar-refractivity contribution in [3.05, 3.63) is 90.4 Å². The van der Waals surface area contributed by atoms with Crippen molar-refractivity contribution >= 4 is 11.6 Å². The summed E-state index contributed by atoms with van der Waals surface area (Å²) in [5, 5.41) is 8.49. The second-order valence-electron chi connectivity index (χ2n) is 7.20. The molecule has 0 saturated heterocycles. The first-order valence-electron chi connectivity index (χ1n) is 9.66. The van der Waals surface area contributed by atoms with Gasteiger partial charge in [-0.15, -0.1) is 0 Å². The van der Waals surface area contributed by atoms with Gasteiger partial charge < -0.3 is 9.42 Å². The van der Waals surface area contributed by atoms with Crippen LogP contribution in [0.2, 0.25) is 0 Å². The summed E-state index contributed by atoms with van der Waals surface area (Å²) in [6.45, 7) is 0.584. The highest BCUT2D eigenvalue weighted by molar-refractivity contribution is 5.96. The fraction of sp³-hybridized carbons (Fsp3) is 0.174. The van der Waals surface area contributed by atoms with E-state index in [0.717, 1.165) is 23.2 Å². The number of rotatable bonds is 4. The van der Waals surface area contributed by atoms with Crippen molar-refractivity contribution in [3.8, 4) is 11.3 Å². The van der Waals surface area contributed by atoms with Crippen LogP contribution in [0.25, 0.3) is 11.3 Å². The molecule has 29 heavy (non-hydrogen) atoms. The summed E-state index contributed by atoms with van der Waals surface area (Å²) in [6.07, 6.45) is 4.76. The van der Waals surface area contributed by atoms with E-state index in [2.05, 4.69) is 16.3 Å². The maximum absolute atomic E-state index is 13.2. The zero-order valence-electron chi connectivity index (χ0n) is 15.8. The molecule has 0 N–H and O–H groups in total. The lowest BCUT2D eigenvalue weighted by molar-refractivity contribution is -0.118. The summed E-state index contributed by atoms with van der Waals surface area (Å²) < 4.78 is 7.38. The number of benzene rings is 2. The van der Waals surface area contributed by atoms with Crippen LogP contribution in [0, 0.1) is 0 Å². The number of fused-ring (bicyclic) bond motifs is 1. The van der Waals surface area contributed by atoms with Crippen molar-refractivity contribution in [1.82, 2.24) is 14.9 Å². The number of nitrogens with zero attached hydrogens (tertiary/aromatic N) is 4. The first-order valence-corrected chi connectivity index (χ1v) is 9.66. The van der Waals surface area contributed by atoms with Gasteiger partial charge >= 0.3 is 0 Å². The number of amides is 1. The van der Waals surface area contributed by atoms with Crippen molar-refractivity contribution in [2.24, 2.45) is 0 Å². The molecule has 0 fully saturated rings. The Morgan fingerprint density at radius 3 is 2.72 bits per heavy atom. The summed E-state index contributed by atoms with van der Waals surface area (Å²) in [6, 6.07) is 21.7. The largest absolute Gasteiger partial charge is 0.356 e. The number of aromatic nitrogens is 3. The van der Waals surface area contributed by atoms with Gasteiger partial charge in [0.05, 0.1) is 18.2 Å². The standard InChI is InChI=1S/C23H20N4O2/c28-23(15-19-14-22(29-25-19)17-7-2-1-3-8-17)26-16-20(27-12-6-11-24-27)13-18-9-4-5-10-21(18)26/h1-12,14,20H,13,15-16H2. The number of hydrogen-bond acceptors (Lipinski definition) is 4. The molecule has 0 radical (unpaired) electrons. The second-order valence-corrected chi connectivity index (χ2v) is 7.20. The minimum Gasteiger partial charge on any atom is -0.356 e. The van der Waals surface area contributed by atoms with Crippen molar-refractivity contribution in [2.75, 3.05) is 11.4 Å². The highest BCUT2D eigenvalue weighted by Crippen LogP contribution is 2.32. The van der Waals surface area contributed by atoms with E-state index in [0.29, 0.717) is 18.0 Å². The summed E-state index contributed by atoms with van der Waals surface area (Å²) >= 11 is 0. The van der Waals surface area contributed by atoms with E-state index < -0.39 is 0 Å². The van der Waals surface area contributed by atoms with Gasteiger partial charge in [0.1, 0.15) is 0 Å². The predicted octanol–water partition coefficient (Wildman–Crippen LogP) is 3.91. The Morgan fingerprint density at radius 2 is 1.90 bits per heavy atom. The van der Waals surface area contributed by atoms with Gasteiger partial charge in [0.15, 0.2) is 5.76 Å². The average molecular weight is 384 g/mol. The Balaban J connectivity index is 1.39. The van der Waals surface area contributed by atoms with E-state index in [-0.39, 0.29) is 18.4 Å². The molecular weight excluding hydrogens is 364 g/mol. The van der Waals surface area contributed by atoms with E-state index in [1.165, 1.54) is 0 Å². The molecule has 1 aliphatic rings. The molecule has 0 saturated carbocycles. The van der Waals surface area contributed by atoms with E-state index in [4.69, 9.17) is 4.52 Å². The number of carbonyl (C=O) groups is 1. The smallest absolute Gasteiger partial charge is 0.233 e. The van der Waals surface area contributed by atoms with Crippen LogP contribution in [-0.4, -0.2) is 27.4 Å². The monoisotopic (exact) mass is 384 g/mol. The summed E-state index contributed by atoms with van der Waals surface area (Å²) in [5.41, 5.74) is 3.69. The van der Waals surface area contributed by atoms with E-state index in [1.807, 2.05) is 76.4 Å². The fourth-order valence-corrected chi connectivity index (χ4v) is 3.87. The van der Waals surface area contributed by atoms with Crippen LogP contribution in [0.4, 0.5) is 5.69 Å². The molecule has 0 bridgehead atoms. The van der Waals surface area contributed by atoms with Crippen molar-refractivity contribution in [1.29, 1.82) is 0 Å². The second kappa shape index (κ2) is 7.39. The van der Waals surface area contributed by atoms with Gasteiger partial charge in [-0.3, -0.25) is 9.48 Å². The molecule has 2 aromatic heterocycles. The van der Waals surface area contributed by atoms with Crippen molar-refractivity contribution in [2.45, 2.75) is 18.9 Å². The third kappa shape index (κ3) is 3.45. The first-order chi connectivity index (χ1) is 14.3. The van der Waals surface area contributed by atoms with Crippen LogP contribution in [-0.2, 0) is 17.6 Å². The quantitative estimate of drug-likeness (QED) is 0.535. The van der Waals surface area contributed by atoms with Crippen molar-refractivity contribution < 1.29 is 9.32 Å². The molecule has 0 aliphatic carbocycles. The van der Waals surface area contributed by atoms with E-state index >= 15 is 0 Å². The van der Waals surface area contributed by atoms with Crippen LogP contribution in [0.3, 0.4) is 0 Å². The molecule has 1 aliphatic heterocycles. The molecular formula is C23H20N4O2. The number of anilines is 1. The molecule has 1 amide bonds. The summed E-state index contributed by atoms with van der Waals surface area (Å²) in [5.74, 6) is 0.670. The average Bonchev–Trinajstić information content (AvgIpc) is 3.46. The van der Waals surface area contributed by atoms with Crippen LogP contribution >= 0.6 is 0 Å². The number of para-hydroxylation sites is 1. The Bertz CT molecular complexity index is 1120. The van der Waals surface area contributed by atoms with Gasteiger partial charge in [-0.05, 0) is 24.1 Å². The third-order valence-corrected chi connectivity index (χ3v) is 5.28. The Kier molecular flexibility index (Phi) is 4.44. The highest BCUT2D eigenvalue weighted by atomic mass is 16.5. The normalized spacial score (nSPS) is 15.9. The predicted molar refractivity (Wildman–Crippen MR) is 109 cm³/mol. The van der Waals surface area contributed by atoms with Gasteiger partial charge in [-0.25, -0.2) is 0 Å². The fourth-order valence-electron chi connectivity index (χ4n) is 3.87. The van der Waals surface area contributed by atoms with Gasteiger partial charge in [0, 0.05) is 36.3 Å². The Morgan fingerprint density at radius 1 is 1.07 bits per heavy atom. The molecule has 3 heterocycles. The summed E-state index contributed by atoms with van der Waals surface area (Å²) in [7, 11) is 0. The zero-order chi connectivity index (χ0) is 19.6. The molecule has 5 rings (SSSR count). The van der Waals surface area contributed by atoms with Crippen molar-refractivity contribution in [3.63, 3.8) is 0 Å². The minimum atomic E-state index is 0.00205. The lowest BCUT2D eigenvalue weighted by atomic mass is 9.97. The Labute approximate surface area is 168 Å². The molecule has 144 valence electrons. The zero-order valence-corrected chi connectivity index (χ0v) is 15.8. The molecule has 1 atom stereocenters. The topological polar surface area (TPSA) is 64.2 Å². The number of hydrogen-bond donors (Lipinski definition) is 0. The maximum atomic E-state index is 13.2. The third-order valence-electron chi connectivity index (χ3n) is 5.28. The van der Waals surface area contributed by atoms with Crippen LogP contribution in [0.15, 0.2) is 83.6 Å². The SMILES string of the molecule is O=C(Cc1cc(-c2ccccc2)on1)N1CC(n2cccn2)Cc2ccccc21. The molecule has 6 heteroatoms. The van der Waals surface area contributed by atoms with Crippen LogP contribution < -0.4 is 4.90 Å². The lowest BCUT2D eigenvalue weighted by Crippen LogP contribution is -2.41. The van der Waals surface area contributed by atoms with Gasteiger partial charge in [-0.2, -0.15) is 5.10 Å². The van der Waals surface area contributed by atoms with Crippen LogP contribution in [0.1, 0.15) is 17.3 Å². The summed E-state index contributed by atoms with van der Waals surface area (Å²) in [4.78, 5) is 15.1. The van der Waals surface area contributed by atoms with E-state index in [1.54, 1.807) is 6.20 Å². The molecule has 1 unspecified atom stereocenters. The van der Waals surface area contributed by atoms with Crippen LogP contribution in [0.5, 0.6) is 0 Å². The van der Waals surface area contributed by atoms with Gasteiger partial charge in [0.2, 0.25) is 5.91 Å². The van der Waals surface area contributed by atoms with Gasteiger partial charge in [-0.1, -0.05) is 53.7 Å². The molecule has 2 aromatic carbocycles. The maximum Gasteiger partial charge on any atom is 0.233 e. The lowest BCUT2D eigenvalue weighted by Gasteiger charge is -2.34. The minimum absolute atomic E-state index is 0.00205. The number of carbonyl (C=O) groups excluding carboxylic acids is 1. The molecule has 6 nitrogen and oxygen atoms in total. The molecule has 4 aromatic rings. The first kappa shape index (κ1) is 17.4. The van der Waals surface area contributed by atoms with E-state index in [9.17, 15) is 4.79 Å².